The molecule has 32 heavy (non-hydrogen) atoms. The van der Waals surface area contributed by atoms with Gasteiger partial charge in [0.2, 0.25) is 5.91 Å². The summed E-state index contributed by atoms with van der Waals surface area (Å²) in [7, 11) is -4.28. The number of aryl methyl sites for hydroxylation is 1. The molecular weight excluding hydrogens is 441 g/mol. The maximum Gasteiger partial charge on any atom is 0.416 e. The zero-order valence-corrected chi connectivity index (χ0v) is 18.5. The van der Waals surface area contributed by atoms with E-state index in [0.717, 1.165) is 59.3 Å². The quantitative estimate of drug-likeness (QED) is 0.595. The first-order valence-electron chi connectivity index (χ1n) is 10.3. The lowest BCUT2D eigenvalue weighted by Gasteiger charge is -2.25. The topological polar surface area (TPSA) is 66.5 Å². The van der Waals surface area contributed by atoms with Crippen molar-refractivity contribution in [3.8, 4) is 0 Å². The smallest absolute Gasteiger partial charge is 0.351 e. The molecule has 2 aromatic rings. The monoisotopic (exact) mass is 466 g/mol. The number of nitrogens with zero attached hydrogens (tertiary/aromatic N) is 1. The zero-order valence-electron chi connectivity index (χ0n) is 17.7. The number of benzene rings is 2. The second-order valence-corrected chi connectivity index (χ2v) is 9.62. The summed E-state index contributed by atoms with van der Waals surface area (Å²) in [6.45, 7) is 1.44. The molecule has 3 rings (SSSR count). The van der Waals surface area contributed by atoms with Gasteiger partial charge in [0, 0.05) is 6.54 Å². The second-order valence-electron chi connectivity index (χ2n) is 7.76. The molecule has 0 unspecified atom stereocenters. The molecule has 1 aliphatic carbocycles. The first-order valence-corrected chi connectivity index (χ1v) is 11.7. The Balaban J connectivity index is 1.91. The summed E-state index contributed by atoms with van der Waals surface area (Å²) in [5.74, 6) is -0.593. The van der Waals surface area contributed by atoms with Crippen LogP contribution in [-0.2, 0) is 21.0 Å². The molecule has 1 N–H and O–H groups in total. The number of rotatable bonds is 7. The lowest BCUT2D eigenvalue weighted by Crippen LogP contribution is -2.41. The minimum Gasteiger partial charge on any atom is -0.351 e. The van der Waals surface area contributed by atoms with E-state index in [1.54, 1.807) is 19.1 Å². The van der Waals surface area contributed by atoms with Gasteiger partial charge in [-0.2, -0.15) is 13.2 Å². The van der Waals surface area contributed by atoms with Gasteiger partial charge in [-0.1, -0.05) is 35.4 Å². The Morgan fingerprint density at radius 2 is 1.81 bits per heavy atom. The summed E-state index contributed by atoms with van der Waals surface area (Å²) in [5, 5.41) is 2.69. The van der Waals surface area contributed by atoms with Gasteiger partial charge in [-0.05, 0) is 62.9 Å². The van der Waals surface area contributed by atoms with Crippen LogP contribution in [0.3, 0.4) is 0 Å². The van der Waals surface area contributed by atoms with Gasteiger partial charge in [0.25, 0.3) is 10.0 Å². The number of allylic oxidation sites excluding steroid dienone is 1. The Morgan fingerprint density at radius 3 is 2.44 bits per heavy atom. The predicted octanol–water partition coefficient (Wildman–Crippen LogP) is 4.83. The highest BCUT2D eigenvalue weighted by atomic mass is 32.2. The molecule has 0 aliphatic heterocycles. The molecule has 1 amide bonds. The van der Waals surface area contributed by atoms with Crippen molar-refractivity contribution in [1.82, 2.24) is 5.32 Å². The van der Waals surface area contributed by atoms with Gasteiger partial charge in [0.15, 0.2) is 0 Å². The van der Waals surface area contributed by atoms with E-state index in [9.17, 15) is 26.4 Å². The average molecular weight is 467 g/mol. The van der Waals surface area contributed by atoms with Crippen LogP contribution in [0.5, 0.6) is 0 Å². The molecule has 0 spiro atoms. The number of alkyl halides is 3. The van der Waals surface area contributed by atoms with Crippen molar-refractivity contribution in [3.63, 3.8) is 0 Å². The van der Waals surface area contributed by atoms with Gasteiger partial charge in [0.1, 0.15) is 6.54 Å². The van der Waals surface area contributed by atoms with Crippen LogP contribution in [0.4, 0.5) is 18.9 Å². The van der Waals surface area contributed by atoms with Crippen molar-refractivity contribution < 1.29 is 26.4 Å². The van der Waals surface area contributed by atoms with E-state index in [1.807, 2.05) is 0 Å². The molecule has 0 saturated carbocycles. The highest BCUT2D eigenvalue weighted by Gasteiger charge is 2.33. The Hall–Kier alpha value is -2.81. The standard InChI is InChI=1S/C23H25F3N2O3S/c1-17-10-12-21(13-11-17)32(30,31)28(20-9-5-8-19(14-20)23(24,25)26)16-22(29)27-15-18-6-3-2-4-7-18/h5-6,8-14H,2-4,7,15-16H2,1H3,(H,27,29). The number of carbonyl (C=O) groups is 1. The average Bonchev–Trinajstić information content (AvgIpc) is 2.76. The highest BCUT2D eigenvalue weighted by Crippen LogP contribution is 2.33. The van der Waals surface area contributed by atoms with Gasteiger partial charge in [-0.25, -0.2) is 8.42 Å². The third-order valence-corrected chi connectivity index (χ3v) is 7.04. The normalized spacial score (nSPS) is 14.6. The van der Waals surface area contributed by atoms with Crippen molar-refractivity contribution in [1.29, 1.82) is 0 Å². The van der Waals surface area contributed by atoms with Crippen LogP contribution >= 0.6 is 0 Å². The second kappa shape index (κ2) is 9.77. The molecule has 2 aromatic carbocycles. The number of halogens is 3. The number of amides is 1. The summed E-state index contributed by atoms with van der Waals surface area (Å²) < 4.78 is 67.0. The third kappa shape index (κ3) is 5.91. The van der Waals surface area contributed by atoms with Crippen LogP contribution in [0.25, 0.3) is 0 Å². The van der Waals surface area contributed by atoms with E-state index in [1.165, 1.54) is 18.2 Å². The van der Waals surface area contributed by atoms with E-state index in [0.29, 0.717) is 6.54 Å². The van der Waals surface area contributed by atoms with E-state index >= 15 is 0 Å². The molecule has 1 aliphatic rings. The third-order valence-electron chi connectivity index (χ3n) is 5.26. The molecule has 0 radical (unpaired) electrons. The summed E-state index contributed by atoms with van der Waals surface area (Å²) in [4.78, 5) is 12.5. The number of hydrogen-bond donors (Lipinski definition) is 1. The predicted molar refractivity (Wildman–Crippen MR) is 117 cm³/mol. The van der Waals surface area contributed by atoms with E-state index in [2.05, 4.69) is 11.4 Å². The molecule has 0 heterocycles. The molecule has 0 bridgehead atoms. The fraction of sp³-hybridized carbons (Fsp3) is 0.348. The molecule has 0 fully saturated rings. The maximum atomic E-state index is 13.3. The molecule has 172 valence electrons. The Morgan fingerprint density at radius 1 is 1.09 bits per heavy atom. The molecule has 0 atom stereocenters. The Labute approximate surface area is 186 Å². The van der Waals surface area contributed by atoms with Gasteiger partial charge in [0.05, 0.1) is 16.1 Å². The van der Waals surface area contributed by atoms with Crippen molar-refractivity contribution in [3.05, 3.63) is 71.3 Å². The largest absolute Gasteiger partial charge is 0.416 e. The first-order chi connectivity index (χ1) is 15.1. The number of nitrogens with one attached hydrogen (secondary N) is 1. The van der Waals surface area contributed by atoms with Crippen LogP contribution < -0.4 is 9.62 Å². The van der Waals surface area contributed by atoms with E-state index in [-0.39, 0.29) is 10.6 Å². The number of anilines is 1. The maximum absolute atomic E-state index is 13.3. The minimum absolute atomic E-state index is 0.108. The number of hydrogen-bond acceptors (Lipinski definition) is 3. The Kier molecular flexibility index (Phi) is 7.28. The van der Waals surface area contributed by atoms with Gasteiger partial charge in [-0.3, -0.25) is 9.10 Å². The van der Waals surface area contributed by atoms with Crippen molar-refractivity contribution in [2.24, 2.45) is 0 Å². The Bertz CT molecular complexity index is 1090. The van der Waals surface area contributed by atoms with Crippen LogP contribution in [0.2, 0.25) is 0 Å². The molecule has 0 aromatic heterocycles. The molecule has 0 saturated heterocycles. The highest BCUT2D eigenvalue weighted by molar-refractivity contribution is 7.92. The van der Waals surface area contributed by atoms with Crippen molar-refractivity contribution in [2.45, 2.75) is 43.7 Å². The van der Waals surface area contributed by atoms with Crippen LogP contribution in [0.1, 0.15) is 36.8 Å². The van der Waals surface area contributed by atoms with Crippen molar-refractivity contribution >= 4 is 21.6 Å². The van der Waals surface area contributed by atoms with Gasteiger partial charge in [-0.15, -0.1) is 0 Å². The molecular formula is C23H25F3N2O3S. The van der Waals surface area contributed by atoms with E-state index < -0.39 is 34.2 Å². The first kappa shape index (κ1) is 23.8. The summed E-state index contributed by atoms with van der Waals surface area (Å²) >= 11 is 0. The minimum atomic E-state index is -4.65. The zero-order chi connectivity index (χ0) is 23.4. The number of sulfonamides is 1. The van der Waals surface area contributed by atoms with Crippen molar-refractivity contribution in [2.75, 3.05) is 17.4 Å². The lowest BCUT2D eigenvalue weighted by molar-refractivity contribution is -0.137. The molecule has 5 nitrogen and oxygen atoms in total. The lowest BCUT2D eigenvalue weighted by atomic mass is 10.00. The summed E-state index contributed by atoms with van der Waals surface area (Å²) in [5.41, 5.74) is 0.670. The van der Waals surface area contributed by atoms with Crippen LogP contribution in [-0.4, -0.2) is 27.4 Å². The fourth-order valence-corrected chi connectivity index (χ4v) is 4.87. The number of carbonyl (C=O) groups excluding carboxylic acids is 1. The SMILES string of the molecule is Cc1ccc(S(=O)(=O)N(CC(=O)NCC2=CCCCC2)c2cccc(C(F)(F)F)c2)cc1. The molecule has 9 heteroatoms. The summed E-state index contributed by atoms with van der Waals surface area (Å²) in [6, 6.07) is 9.89. The van der Waals surface area contributed by atoms with Crippen LogP contribution in [0.15, 0.2) is 65.1 Å². The van der Waals surface area contributed by atoms with E-state index in [4.69, 9.17) is 0 Å². The van der Waals surface area contributed by atoms with Crippen LogP contribution in [0, 0.1) is 6.92 Å². The van der Waals surface area contributed by atoms with Gasteiger partial charge < -0.3 is 5.32 Å². The van der Waals surface area contributed by atoms with Gasteiger partial charge >= 0.3 is 6.18 Å². The fourth-order valence-electron chi connectivity index (χ4n) is 3.45. The summed E-state index contributed by atoms with van der Waals surface area (Å²) in [6.07, 6.45) is 1.32.